The molecule has 1 rings (SSSR count). The van der Waals surface area contributed by atoms with Crippen molar-refractivity contribution in [2.45, 2.75) is 39.7 Å². The fraction of sp³-hybridized carbons (Fsp3) is 0.529. The monoisotopic (exact) mass is 258 g/mol. The minimum atomic E-state index is 0.406. The van der Waals surface area contributed by atoms with Crippen LogP contribution in [0.5, 0.6) is 0 Å². The molecule has 0 amide bonds. The molecule has 0 saturated carbocycles. The molecular weight excluding hydrogens is 232 g/mol. The van der Waals surface area contributed by atoms with Gasteiger partial charge in [0.2, 0.25) is 0 Å². The molecule has 1 aromatic carbocycles. The normalized spacial score (nSPS) is 11.9. The molecule has 0 aromatic heterocycles. The van der Waals surface area contributed by atoms with Crippen molar-refractivity contribution >= 4 is 5.69 Å². The van der Waals surface area contributed by atoms with Gasteiger partial charge in [0, 0.05) is 18.3 Å². The van der Waals surface area contributed by atoms with Crippen LogP contribution >= 0.6 is 0 Å². The summed E-state index contributed by atoms with van der Waals surface area (Å²) in [7, 11) is 0. The Labute approximate surface area is 118 Å². The van der Waals surface area contributed by atoms with Gasteiger partial charge in [-0.15, -0.1) is 6.42 Å². The number of terminal acetylenes is 1. The summed E-state index contributed by atoms with van der Waals surface area (Å²) in [5, 5.41) is 3.62. The first-order valence-electron chi connectivity index (χ1n) is 7.29. The van der Waals surface area contributed by atoms with E-state index in [2.05, 4.69) is 61.2 Å². The maximum Gasteiger partial charge on any atom is 0.0791 e. The van der Waals surface area contributed by atoms with E-state index in [9.17, 15) is 0 Å². The Bertz CT molecular complexity index is 406. The molecule has 0 fully saturated rings. The van der Waals surface area contributed by atoms with Crippen LogP contribution in [0.4, 0.5) is 5.69 Å². The van der Waals surface area contributed by atoms with Gasteiger partial charge in [0.25, 0.3) is 0 Å². The number of nitrogens with one attached hydrogen (secondary N) is 1. The van der Waals surface area contributed by atoms with Crippen molar-refractivity contribution in [3.63, 3.8) is 0 Å². The molecule has 0 aliphatic rings. The van der Waals surface area contributed by atoms with Crippen LogP contribution in [-0.4, -0.2) is 19.6 Å². The van der Waals surface area contributed by atoms with Gasteiger partial charge in [-0.1, -0.05) is 38.0 Å². The molecule has 0 saturated heterocycles. The summed E-state index contributed by atoms with van der Waals surface area (Å²) in [6.45, 7) is 9.22. The van der Waals surface area contributed by atoms with Crippen molar-refractivity contribution in [1.29, 1.82) is 0 Å². The standard InChI is InChI=1S/C17H26N2/c1-5-13-18-16(7-3)15-11-9-10-12-17(15)19(8-4)14-6-2/h2,9-12,16,18H,5,7-8,13-14H2,1,3-4H3. The van der Waals surface area contributed by atoms with E-state index >= 15 is 0 Å². The van der Waals surface area contributed by atoms with E-state index in [0.717, 1.165) is 25.9 Å². The summed E-state index contributed by atoms with van der Waals surface area (Å²) in [4.78, 5) is 2.26. The lowest BCUT2D eigenvalue weighted by atomic mass is 10.0. The second-order valence-corrected chi connectivity index (χ2v) is 4.69. The zero-order chi connectivity index (χ0) is 14.1. The van der Waals surface area contributed by atoms with Gasteiger partial charge in [0.05, 0.1) is 6.54 Å². The van der Waals surface area contributed by atoms with Crippen molar-refractivity contribution < 1.29 is 0 Å². The van der Waals surface area contributed by atoms with Gasteiger partial charge in [-0.05, 0) is 37.9 Å². The first-order chi connectivity index (χ1) is 9.28. The molecular formula is C17H26N2. The molecule has 0 aliphatic heterocycles. The highest BCUT2D eigenvalue weighted by Gasteiger charge is 2.15. The third-order valence-electron chi connectivity index (χ3n) is 3.37. The number of anilines is 1. The summed E-state index contributed by atoms with van der Waals surface area (Å²) in [6.07, 6.45) is 7.72. The number of nitrogens with zero attached hydrogens (tertiary/aromatic N) is 1. The number of rotatable bonds is 8. The van der Waals surface area contributed by atoms with Crippen molar-refractivity contribution in [1.82, 2.24) is 5.32 Å². The van der Waals surface area contributed by atoms with Gasteiger partial charge in [-0.25, -0.2) is 0 Å². The zero-order valence-electron chi connectivity index (χ0n) is 12.4. The first-order valence-corrected chi connectivity index (χ1v) is 7.29. The maximum absolute atomic E-state index is 5.47. The molecule has 0 bridgehead atoms. The van der Waals surface area contributed by atoms with Crippen molar-refractivity contribution in [3.8, 4) is 12.3 Å². The summed E-state index contributed by atoms with van der Waals surface area (Å²) >= 11 is 0. The van der Waals surface area contributed by atoms with E-state index in [1.165, 1.54) is 11.3 Å². The van der Waals surface area contributed by atoms with Crippen molar-refractivity contribution in [2.75, 3.05) is 24.5 Å². The molecule has 1 aromatic rings. The smallest absolute Gasteiger partial charge is 0.0791 e. The molecule has 1 unspecified atom stereocenters. The predicted octanol–water partition coefficient (Wildman–Crippen LogP) is 3.60. The fourth-order valence-corrected chi connectivity index (χ4v) is 2.34. The molecule has 0 heterocycles. The van der Waals surface area contributed by atoms with Crippen LogP contribution in [0.1, 0.15) is 45.2 Å². The van der Waals surface area contributed by atoms with Crippen LogP contribution in [0, 0.1) is 12.3 Å². The van der Waals surface area contributed by atoms with E-state index in [-0.39, 0.29) is 0 Å². The topological polar surface area (TPSA) is 15.3 Å². The van der Waals surface area contributed by atoms with Crippen LogP contribution in [0.2, 0.25) is 0 Å². The molecule has 1 N–H and O–H groups in total. The summed E-state index contributed by atoms with van der Waals surface area (Å²) in [5.41, 5.74) is 2.62. The molecule has 0 spiro atoms. The maximum atomic E-state index is 5.47. The lowest BCUT2D eigenvalue weighted by Crippen LogP contribution is -2.28. The Hall–Kier alpha value is -1.46. The predicted molar refractivity (Wildman–Crippen MR) is 84.5 cm³/mol. The second-order valence-electron chi connectivity index (χ2n) is 4.69. The quantitative estimate of drug-likeness (QED) is 0.717. The van der Waals surface area contributed by atoms with Gasteiger partial charge in [0.15, 0.2) is 0 Å². The first kappa shape index (κ1) is 15.6. The lowest BCUT2D eigenvalue weighted by molar-refractivity contribution is 0.518. The molecule has 2 heteroatoms. The number of para-hydroxylation sites is 1. The van der Waals surface area contributed by atoms with E-state index in [4.69, 9.17) is 6.42 Å². The van der Waals surface area contributed by atoms with Gasteiger partial charge in [-0.2, -0.15) is 0 Å². The average Bonchev–Trinajstić information content (AvgIpc) is 2.46. The SMILES string of the molecule is C#CCN(CC)c1ccccc1C(CC)NCCC. The highest BCUT2D eigenvalue weighted by atomic mass is 15.1. The highest BCUT2D eigenvalue weighted by Crippen LogP contribution is 2.28. The fourth-order valence-electron chi connectivity index (χ4n) is 2.34. The molecule has 0 radical (unpaired) electrons. The largest absolute Gasteiger partial charge is 0.360 e. The molecule has 0 aliphatic carbocycles. The summed E-state index contributed by atoms with van der Waals surface area (Å²) in [5.74, 6) is 2.75. The molecule has 2 nitrogen and oxygen atoms in total. The Morgan fingerprint density at radius 2 is 2.00 bits per heavy atom. The average molecular weight is 258 g/mol. The zero-order valence-corrected chi connectivity index (χ0v) is 12.4. The van der Waals surface area contributed by atoms with Crippen LogP contribution in [0.3, 0.4) is 0 Å². The minimum Gasteiger partial charge on any atom is -0.360 e. The van der Waals surface area contributed by atoms with E-state index < -0.39 is 0 Å². The summed E-state index contributed by atoms with van der Waals surface area (Å²) in [6, 6.07) is 8.99. The number of hydrogen-bond acceptors (Lipinski definition) is 2. The van der Waals surface area contributed by atoms with Crippen LogP contribution in [0.25, 0.3) is 0 Å². The van der Waals surface area contributed by atoms with Gasteiger partial charge >= 0.3 is 0 Å². The van der Waals surface area contributed by atoms with Crippen molar-refractivity contribution in [3.05, 3.63) is 29.8 Å². The number of hydrogen-bond donors (Lipinski definition) is 1. The van der Waals surface area contributed by atoms with E-state index in [1.54, 1.807) is 0 Å². The Morgan fingerprint density at radius 3 is 2.58 bits per heavy atom. The second kappa shape index (κ2) is 8.61. The number of benzene rings is 1. The Morgan fingerprint density at radius 1 is 1.26 bits per heavy atom. The van der Waals surface area contributed by atoms with Crippen LogP contribution in [-0.2, 0) is 0 Å². The van der Waals surface area contributed by atoms with Gasteiger partial charge < -0.3 is 10.2 Å². The molecule has 1 atom stereocenters. The van der Waals surface area contributed by atoms with E-state index in [0.29, 0.717) is 12.6 Å². The molecule has 19 heavy (non-hydrogen) atoms. The third-order valence-corrected chi connectivity index (χ3v) is 3.37. The highest BCUT2D eigenvalue weighted by molar-refractivity contribution is 5.55. The van der Waals surface area contributed by atoms with Crippen LogP contribution < -0.4 is 10.2 Å². The minimum absolute atomic E-state index is 0.406. The summed E-state index contributed by atoms with van der Waals surface area (Å²) < 4.78 is 0. The third kappa shape index (κ3) is 4.29. The molecule has 104 valence electrons. The Kier molecular flexibility index (Phi) is 7.07. The van der Waals surface area contributed by atoms with Gasteiger partial charge in [0.1, 0.15) is 0 Å². The van der Waals surface area contributed by atoms with E-state index in [1.807, 2.05) is 0 Å². The lowest BCUT2D eigenvalue weighted by Gasteiger charge is -2.27. The Balaban J connectivity index is 3.02. The van der Waals surface area contributed by atoms with Crippen LogP contribution in [0.15, 0.2) is 24.3 Å². The van der Waals surface area contributed by atoms with Crippen molar-refractivity contribution in [2.24, 2.45) is 0 Å². The van der Waals surface area contributed by atoms with Gasteiger partial charge in [-0.3, -0.25) is 0 Å².